The Labute approximate surface area is 198 Å². The number of amidine groups is 2. The van der Waals surface area contributed by atoms with Gasteiger partial charge in [-0.05, 0) is 66.6 Å². The lowest BCUT2D eigenvalue weighted by atomic mass is 9.95. The highest BCUT2D eigenvalue weighted by atomic mass is 16.4. The Balaban J connectivity index is 1.85. The van der Waals surface area contributed by atoms with Crippen LogP contribution in [0.2, 0.25) is 0 Å². The summed E-state index contributed by atoms with van der Waals surface area (Å²) in [6.07, 6.45) is 1.76. The Kier molecular flexibility index (Phi) is 8.01. The van der Waals surface area contributed by atoms with Crippen LogP contribution in [0.4, 0.5) is 0 Å². The van der Waals surface area contributed by atoms with Crippen LogP contribution < -0.4 is 5.73 Å². The Bertz CT molecular complexity index is 1090. The van der Waals surface area contributed by atoms with Crippen molar-refractivity contribution in [2.45, 2.75) is 26.3 Å². The van der Waals surface area contributed by atoms with Crippen molar-refractivity contribution in [1.29, 1.82) is 10.8 Å². The number of nitrogens with two attached hydrogens (primary N) is 1. The quantitative estimate of drug-likeness (QED) is 0.282. The van der Waals surface area contributed by atoms with E-state index >= 15 is 0 Å². The highest BCUT2D eigenvalue weighted by molar-refractivity contribution is 5.96. The summed E-state index contributed by atoms with van der Waals surface area (Å²) >= 11 is 0. The van der Waals surface area contributed by atoms with Crippen molar-refractivity contribution in [2.24, 2.45) is 11.7 Å². The molecule has 0 saturated carbocycles. The van der Waals surface area contributed by atoms with Gasteiger partial charge in [0.2, 0.25) is 0 Å². The summed E-state index contributed by atoms with van der Waals surface area (Å²) in [7, 11) is 0. The molecule has 0 spiro atoms. The summed E-state index contributed by atoms with van der Waals surface area (Å²) in [5, 5.41) is 34.6. The van der Waals surface area contributed by atoms with Crippen LogP contribution in [-0.2, 0) is 11.3 Å². The van der Waals surface area contributed by atoms with Gasteiger partial charge in [0.05, 0.1) is 17.9 Å². The fraction of sp³-hybridized carbons (Fsp3) is 0.360. The molecule has 0 atom stereocenters. The SMILES string of the molecule is CC(=N)N1CCC(CN(CC(=O)O)Cc2cc(C(=O)O)cc(-c3cccc(C(=N)N)c3)c2)CC1. The number of carboxylic acid groups (broad SMARTS) is 2. The maximum atomic E-state index is 11.8. The molecule has 0 unspecified atom stereocenters. The van der Waals surface area contributed by atoms with Crippen LogP contribution in [0.15, 0.2) is 42.5 Å². The molecular weight excluding hydrogens is 434 g/mol. The van der Waals surface area contributed by atoms with Gasteiger partial charge in [-0.15, -0.1) is 0 Å². The van der Waals surface area contributed by atoms with Crippen molar-refractivity contribution in [3.8, 4) is 11.1 Å². The fourth-order valence-electron chi connectivity index (χ4n) is 4.39. The summed E-state index contributed by atoms with van der Waals surface area (Å²) < 4.78 is 0. The molecule has 1 saturated heterocycles. The summed E-state index contributed by atoms with van der Waals surface area (Å²) in [6, 6.07) is 12.1. The van der Waals surface area contributed by atoms with Crippen molar-refractivity contribution in [3.05, 3.63) is 59.2 Å². The Morgan fingerprint density at radius 3 is 2.32 bits per heavy atom. The first-order valence-electron chi connectivity index (χ1n) is 11.2. The van der Waals surface area contributed by atoms with E-state index in [9.17, 15) is 19.8 Å². The van der Waals surface area contributed by atoms with E-state index in [0.717, 1.165) is 31.5 Å². The van der Waals surface area contributed by atoms with E-state index in [4.69, 9.17) is 16.6 Å². The Morgan fingerprint density at radius 2 is 1.74 bits per heavy atom. The summed E-state index contributed by atoms with van der Waals surface area (Å²) in [5.41, 5.74) is 8.37. The molecule has 1 aliphatic heterocycles. The van der Waals surface area contributed by atoms with Gasteiger partial charge in [0.25, 0.3) is 0 Å². The van der Waals surface area contributed by atoms with Gasteiger partial charge < -0.3 is 20.8 Å². The van der Waals surface area contributed by atoms with Crippen LogP contribution in [-0.4, -0.2) is 69.8 Å². The number of aromatic carboxylic acids is 1. The van der Waals surface area contributed by atoms with Crippen LogP contribution in [0, 0.1) is 16.7 Å². The number of piperidine rings is 1. The van der Waals surface area contributed by atoms with Crippen LogP contribution in [0.5, 0.6) is 0 Å². The lowest BCUT2D eigenvalue weighted by Crippen LogP contribution is -2.41. The molecule has 0 bridgehead atoms. The molecule has 9 heteroatoms. The molecule has 2 aromatic rings. The molecule has 1 fully saturated rings. The maximum absolute atomic E-state index is 11.8. The average Bonchev–Trinajstić information content (AvgIpc) is 2.78. The first kappa shape index (κ1) is 24.9. The van der Waals surface area contributed by atoms with E-state index in [-0.39, 0.29) is 17.9 Å². The van der Waals surface area contributed by atoms with Gasteiger partial charge in [-0.3, -0.25) is 20.5 Å². The number of aliphatic carboxylic acids is 1. The monoisotopic (exact) mass is 465 g/mol. The number of nitrogens with one attached hydrogen (secondary N) is 2. The number of nitrogens with zero attached hydrogens (tertiary/aromatic N) is 2. The minimum atomic E-state index is -1.06. The standard InChI is InChI=1S/C25H31N5O4/c1-16(26)30-7-5-17(6-8-30)13-29(15-23(31)32)14-18-9-21(12-22(10-18)25(33)34)19-3-2-4-20(11-19)24(27)28/h2-4,9-12,17,26H,5-8,13-15H2,1H3,(H3,27,28)(H,31,32)(H,33,34). The van der Waals surface area contributed by atoms with Crippen molar-refractivity contribution in [3.63, 3.8) is 0 Å². The van der Waals surface area contributed by atoms with Crippen molar-refractivity contribution in [1.82, 2.24) is 9.80 Å². The zero-order chi connectivity index (χ0) is 24.8. The average molecular weight is 466 g/mol. The number of carboxylic acids is 2. The van der Waals surface area contributed by atoms with Gasteiger partial charge in [-0.2, -0.15) is 0 Å². The molecule has 0 aromatic heterocycles. The zero-order valence-corrected chi connectivity index (χ0v) is 19.3. The number of likely N-dealkylation sites (tertiary alicyclic amines) is 1. The third kappa shape index (κ3) is 6.64. The predicted molar refractivity (Wildman–Crippen MR) is 130 cm³/mol. The number of nitrogen functional groups attached to an aromatic ring is 1. The van der Waals surface area contributed by atoms with Gasteiger partial charge in [-0.1, -0.05) is 18.2 Å². The third-order valence-corrected chi connectivity index (χ3v) is 6.12. The van der Waals surface area contributed by atoms with E-state index in [1.807, 2.05) is 21.9 Å². The smallest absolute Gasteiger partial charge is 0.335 e. The Morgan fingerprint density at radius 1 is 1.06 bits per heavy atom. The maximum Gasteiger partial charge on any atom is 0.335 e. The molecule has 1 aliphatic rings. The predicted octanol–water partition coefficient (Wildman–Crippen LogP) is 2.93. The molecule has 0 aliphatic carbocycles. The second-order valence-electron chi connectivity index (χ2n) is 8.80. The van der Waals surface area contributed by atoms with Crippen molar-refractivity contribution < 1.29 is 19.8 Å². The normalized spacial score (nSPS) is 14.2. The van der Waals surface area contributed by atoms with E-state index in [1.54, 1.807) is 37.3 Å². The number of benzene rings is 2. The second kappa shape index (κ2) is 10.9. The van der Waals surface area contributed by atoms with Gasteiger partial charge in [0, 0.05) is 31.7 Å². The van der Waals surface area contributed by atoms with Gasteiger partial charge in [-0.25, -0.2) is 4.79 Å². The molecular formula is C25H31N5O4. The minimum Gasteiger partial charge on any atom is -0.480 e. The number of hydrogen-bond donors (Lipinski definition) is 5. The molecule has 34 heavy (non-hydrogen) atoms. The molecule has 9 nitrogen and oxygen atoms in total. The summed E-state index contributed by atoms with van der Waals surface area (Å²) in [4.78, 5) is 27.2. The highest BCUT2D eigenvalue weighted by Gasteiger charge is 2.23. The second-order valence-corrected chi connectivity index (χ2v) is 8.80. The molecule has 180 valence electrons. The fourth-order valence-corrected chi connectivity index (χ4v) is 4.39. The largest absolute Gasteiger partial charge is 0.480 e. The van der Waals surface area contributed by atoms with Crippen molar-refractivity contribution >= 4 is 23.6 Å². The number of carbonyl (C=O) groups is 2. The first-order chi connectivity index (χ1) is 16.1. The molecule has 0 amide bonds. The van der Waals surface area contributed by atoms with Gasteiger partial charge in [0.1, 0.15) is 5.84 Å². The minimum absolute atomic E-state index is 0.0756. The number of rotatable bonds is 9. The van der Waals surface area contributed by atoms with Crippen LogP contribution in [0.1, 0.15) is 41.3 Å². The van der Waals surface area contributed by atoms with Gasteiger partial charge in [0.15, 0.2) is 0 Å². The number of hydrogen-bond acceptors (Lipinski definition) is 5. The van der Waals surface area contributed by atoms with E-state index < -0.39 is 11.9 Å². The third-order valence-electron chi connectivity index (χ3n) is 6.12. The lowest BCUT2D eigenvalue weighted by molar-refractivity contribution is -0.138. The lowest BCUT2D eigenvalue weighted by Gasteiger charge is -2.35. The summed E-state index contributed by atoms with van der Waals surface area (Å²) in [5.74, 6) is -1.22. The topological polar surface area (TPSA) is 155 Å². The van der Waals surface area contributed by atoms with Gasteiger partial charge >= 0.3 is 11.9 Å². The van der Waals surface area contributed by atoms with Crippen LogP contribution >= 0.6 is 0 Å². The van der Waals surface area contributed by atoms with E-state index in [2.05, 4.69) is 0 Å². The van der Waals surface area contributed by atoms with E-state index in [1.165, 1.54) is 0 Å². The molecule has 3 rings (SSSR count). The Hall–Kier alpha value is -3.72. The molecule has 6 N–H and O–H groups in total. The molecule has 1 heterocycles. The highest BCUT2D eigenvalue weighted by Crippen LogP contribution is 2.26. The molecule has 0 radical (unpaired) electrons. The van der Waals surface area contributed by atoms with Crippen LogP contribution in [0.3, 0.4) is 0 Å². The molecule has 2 aromatic carbocycles. The first-order valence-corrected chi connectivity index (χ1v) is 11.2. The van der Waals surface area contributed by atoms with E-state index in [0.29, 0.717) is 41.5 Å². The summed E-state index contributed by atoms with van der Waals surface area (Å²) in [6.45, 7) is 4.09. The zero-order valence-electron chi connectivity index (χ0n) is 19.3. The van der Waals surface area contributed by atoms with Crippen molar-refractivity contribution in [2.75, 3.05) is 26.2 Å². The van der Waals surface area contributed by atoms with Crippen LogP contribution in [0.25, 0.3) is 11.1 Å².